The molecule has 2 nitrogen and oxygen atoms in total. The van der Waals surface area contributed by atoms with Crippen LogP contribution in [-0.4, -0.2) is 27.3 Å². The van der Waals surface area contributed by atoms with Gasteiger partial charge >= 0.3 is 0 Å². The van der Waals surface area contributed by atoms with Gasteiger partial charge in [0, 0.05) is 13.7 Å². The van der Waals surface area contributed by atoms with E-state index in [-0.39, 0.29) is 0 Å². The summed E-state index contributed by atoms with van der Waals surface area (Å²) in [5.41, 5.74) is 0. The first-order chi connectivity index (χ1) is 4.81. The van der Waals surface area contributed by atoms with Crippen LogP contribution in [0.4, 0.5) is 0 Å². The van der Waals surface area contributed by atoms with Gasteiger partial charge in [0.25, 0.3) is 0 Å². The highest BCUT2D eigenvalue weighted by molar-refractivity contribution is 4.50. The molecule has 0 saturated heterocycles. The van der Waals surface area contributed by atoms with E-state index in [2.05, 4.69) is 12.2 Å². The van der Waals surface area contributed by atoms with Crippen LogP contribution in [-0.2, 0) is 4.74 Å². The van der Waals surface area contributed by atoms with Crippen LogP contribution in [0.15, 0.2) is 0 Å². The lowest BCUT2D eigenvalue weighted by atomic mass is 10.2. The zero-order chi connectivity index (χ0) is 8.41. The third kappa shape index (κ3) is 10.8. The average molecular weight is 147 g/mol. The molecule has 0 rings (SSSR count). The molecule has 0 saturated carbocycles. The van der Waals surface area contributed by atoms with Gasteiger partial charge in [-0.15, -0.1) is 0 Å². The number of hydrogen-bond donors (Lipinski definition) is 1. The van der Waals surface area contributed by atoms with Gasteiger partial charge in [0.1, 0.15) is 0 Å². The molecular weight excluding hydrogens is 126 g/mol. The van der Waals surface area contributed by atoms with Crippen molar-refractivity contribution in [3.8, 4) is 0 Å². The highest BCUT2D eigenvalue weighted by atomic mass is 16.5. The highest BCUT2D eigenvalue weighted by Gasteiger charge is 1.96. The summed E-state index contributed by atoms with van der Waals surface area (Å²) in [5.74, 6) is 0.630. The van der Waals surface area contributed by atoms with Crippen LogP contribution in [0.25, 0.3) is 0 Å². The van der Waals surface area contributed by atoms with E-state index in [0.717, 1.165) is 13.2 Å². The summed E-state index contributed by atoms with van der Waals surface area (Å²) in [4.78, 5) is 0. The topological polar surface area (TPSA) is 21.3 Å². The van der Waals surface area contributed by atoms with Crippen molar-refractivity contribution in [1.29, 1.82) is 0 Å². The maximum atomic E-state index is 4.92. The normalized spacial score (nSPS) is 11.7. The lowest BCUT2D eigenvalue weighted by Gasteiger charge is -2.07. The summed E-state index contributed by atoms with van der Waals surface area (Å²) >= 11 is 0. The molecule has 0 aliphatic carbocycles. The van der Waals surface area contributed by atoms with Crippen molar-refractivity contribution in [1.82, 2.24) is 5.32 Å². The molecule has 0 aliphatic heterocycles. The van der Waals surface area contributed by atoms with Gasteiger partial charge in [-0.1, -0.05) is 20.8 Å². The maximum absolute atomic E-state index is 4.92. The summed E-state index contributed by atoms with van der Waals surface area (Å²) in [6.07, 6.45) is 0. The molecule has 0 bridgehead atoms. The SMILES string of the molecule is CC.CNCC(C)COC. The second kappa shape index (κ2) is 11.7. The number of hydrogen-bond acceptors (Lipinski definition) is 2. The molecule has 1 unspecified atom stereocenters. The first kappa shape index (κ1) is 12.6. The Morgan fingerprint density at radius 2 is 1.90 bits per heavy atom. The van der Waals surface area contributed by atoms with Crippen LogP contribution in [0, 0.1) is 5.92 Å². The summed E-state index contributed by atoms with van der Waals surface area (Å²) < 4.78 is 4.92. The molecule has 0 heterocycles. The molecule has 0 spiro atoms. The van der Waals surface area contributed by atoms with Gasteiger partial charge in [-0.05, 0) is 19.5 Å². The molecule has 2 heteroatoms. The lowest BCUT2D eigenvalue weighted by Crippen LogP contribution is -2.19. The maximum Gasteiger partial charge on any atom is 0.0499 e. The monoisotopic (exact) mass is 147 g/mol. The van der Waals surface area contributed by atoms with Crippen molar-refractivity contribution < 1.29 is 4.74 Å². The van der Waals surface area contributed by atoms with Crippen molar-refractivity contribution in [3.63, 3.8) is 0 Å². The fraction of sp³-hybridized carbons (Fsp3) is 1.00. The molecule has 0 fully saturated rings. The minimum atomic E-state index is 0.630. The molecule has 1 N–H and O–H groups in total. The van der Waals surface area contributed by atoms with E-state index in [1.807, 2.05) is 20.9 Å². The molecule has 64 valence electrons. The van der Waals surface area contributed by atoms with Crippen LogP contribution >= 0.6 is 0 Å². The summed E-state index contributed by atoms with van der Waals surface area (Å²) in [5, 5.41) is 3.07. The smallest absolute Gasteiger partial charge is 0.0499 e. The molecule has 0 aromatic heterocycles. The van der Waals surface area contributed by atoms with Crippen LogP contribution < -0.4 is 5.32 Å². The number of ether oxygens (including phenoxy) is 1. The van der Waals surface area contributed by atoms with E-state index >= 15 is 0 Å². The van der Waals surface area contributed by atoms with Crippen LogP contribution in [0.3, 0.4) is 0 Å². The van der Waals surface area contributed by atoms with Gasteiger partial charge in [-0.3, -0.25) is 0 Å². The van der Waals surface area contributed by atoms with Crippen molar-refractivity contribution in [2.75, 3.05) is 27.3 Å². The predicted octanol–water partition coefficient (Wildman–Crippen LogP) is 1.51. The molecule has 0 aromatic rings. The summed E-state index contributed by atoms with van der Waals surface area (Å²) in [6, 6.07) is 0. The Morgan fingerprint density at radius 1 is 1.40 bits per heavy atom. The molecule has 0 aromatic carbocycles. The van der Waals surface area contributed by atoms with Gasteiger partial charge in [-0.2, -0.15) is 0 Å². The van der Waals surface area contributed by atoms with Crippen molar-refractivity contribution in [3.05, 3.63) is 0 Å². The molecule has 0 aliphatic rings. The Kier molecular flexibility index (Phi) is 14.7. The van der Waals surface area contributed by atoms with Gasteiger partial charge in [0.15, 0.2) is 0 Å². The van der Waals surface area contributed by atoms with Crippen LogP contribution in [0.5, 0.6) is 0 Å². The summed E-state index contributed by atoms with van der Waals surface area (Å²) in [7, 11) is 3.68. The molecular formula is C8H21NO. The van der Waals surface area contributed by atoms with E-state index in [1.54, 1.807) is 7.11 Å². The molecule has 10 heavy (non-hydrogen) atoms. The average Bonchev–Trinajstić information content (AvgIpc) is 1.93. The van der Waals surface area contributed by atoms with Crippen LogP contribution in [0.2, 0.25) is 0 Å². The highest BCUT2D eigenvalue weighted by Crippen LogP contribution is 1.89. The summed E-state index contributed by atoms with van der Waals surface area (Å²) in [6.45, 7) is 8.04. The predicted molar refractivity (Wildman–Crippen MR) is 46.3 cm³/mol. The Labute approximate surface area is 65.0 Å². The number of rotatable bonds is 4. The van der Waals surface area contributed by atoms with Crippen LogP contribution in [0.1, 0.15) is 20.8 Å². The van der Waals surface area contributed by atoms with Gasteiger partial charge < -0.3 is 10.1 Å². The first-order valence-electron chi connectivity index (χ1n) is 3.94. The van der Waals surface area contributed by atoms with Crippen molar-refractivity contribution >= 4 is 0 Å². The third-order valence-corrected chi connectivity index (χ3v) is 1.00. The van der Waals surface area contributed by atoms with Crippen molar-refractivity contribution in [2.24, 2.45) is 5.92 Å². The third-order valence-electron chi connectivity index (χ3n) is 1.00. The first-order valence-corrected chi connectivity index (χ1v) is 3.94. The zero-order valence-electron chi connectivity index (χ0n) is 7.90. The Bertz CT molecular complexity index is 42.5. The van der Waals surface area contributed by atoms with Crippen molar-refractivity contribution in [2.45, 2.75) is 20.8 Å². The number of nitrogens with one attached hydrogen (secondary N) is 1. The minimum absolute atomic E-state index is 0.630. The van der Waals surface area contributed by atoms with E-state index in [0.29, 0.717) is 5.92 Å². The Balaban J connectivity index is 0. The largest absolute Gasteiger partial charge is 0.384 e. The van der Waals surface area contributed by atoms with Gasteiger partial charge in [0.2, 0.25) is 0 Å². The Morgan fingerprint density at radius 3 is 2.20 bits per heavy atom. The fourth-order valence-corrected chi connectivity index (χ4v) is 0.692. The zero-order valence-corrected chi connectivity index (χ0v) is 7.90. The van der Waals surface area contributed by atoms with E-state index in [4.69, 9.17) is 4.74 Å². The standard InChI is InChI=1S/C6H15NO.C2H6/c1-6(4-7-2)5-8-3;1-2/h6-7H,4-5H2,1-3H3;1-2H3. The minimum Gasteiger partial charge on any atom is -0.384 e. The van der Waals surface area contributed by atoms with Gasteiger partial charge in [0.05, 0.1) is 0 Å². The molecule has 1 atom stereocenters. The van der Waals surface area contributed by atoms with E-state index < -0.39 is 0 Å². The molecule has 0 amide bonds. The second-order valence-electron chi connectivity index (χ2n) is 2.12. The van der Waals surface area contributed by atoms with E-state index in [9.17, 15) is 0 Å². The fourth-order valence-electron chi connectivity index (χ4n) is 0.692. The quantitative estimate of drug-likeness (QED) is 0.651. The Hall–Kier alpha value is -0.0800. The molecule has 0 radical (unpaired) electrons. The van der Waals surface area contributed by atoms with E-state index in [1.165, 1.54) is 0 Å². The second-order valence-corrected chi connectivity index (χ2v) is 2.12. The van der Waals surface area contributed by atoms with Gasteiger partial charge in [-0.25, -0.2) is 0 Å². The number of methoxy groups -OCH3 is 1. The lowest BCUT2D eigenvalue weighted by molar-refractivity contribution is 0.159.